The summed E-state index contributed by atoms with van der Waals surface area (Å²) in [5.41, 5.74) is 2.24. The molecule has 29 heavy (non-hydrogen) atoms. The predicted octanol–water partition coefficient (Wildman–Crippen LogP) is 2.70. The first kappa shape index (κ1) is 21.1. The molecule has 1 aliphatic heterocycles. The maximum atomic E-state index is 12.4. The highest BCUT2D eigenvalue weighted by Gasteiger charge is 2.21. The molecule has 1 heterocycles. The number of hydrogen-bond acceptors (Lipinski definition) is 5. The number of ether oxygens (including phenoxy) is 2. The van der Waals surface area contributed by atoms with E-state index >= 15 is 0 Å². The number of methoxy groups -OCH3 is 2. The zero-order valence-corrected chi connectivity index (χ0v) is 17.6. The third-order valence-electron chi connectivity index (χ3n) is 5.39. The van der Waals surface area contributed by atoms with Crippen molar-refractivity contribution < 1.29 is 14.3 Å². The van der Waals surface area contributed by atoms with E-state index in [0.717, 1.165) is 55.3 Å². The lowest BCUT2D eigenvalue weighted by molar-refractivity contribution is -0.123. The number of rotatable bonds is 8. The van der Waals surface area contributed by atoms with E-state index in [4.69, 9.17) is 9.47 Å². The summed E-state index contributed by atoms with van der Waals surface area (Å²) in [6, 6.07) is 16.0. The molecule has 1 amide bonds. The Labute approximate surface area is 173 Å². The molecule has 0 aliphatic carbocycles. The lowest BCUT2D eigenvalue weighted by Gasteiger charge is -2.34. The molecule has 2 aromatic rings. The van der Waals surface area contributed by atoms with Crippen LogP contribution in [0.3, 0.4) is 0 Å². The SMILES string of the molecule is COc1ccc(OC)c(CN2CCN(CC(=O)NC(C)c3ccccc3)CC2)c1. The Bertz CT molecular complexity index is 789. The summed E-state index contributed by atoms with van der Waals surface area (Å²) in [4.78, 5) is 17.0. The number of carbonyl (C=O) groups excluding carboxylic acids is 1. The molecular weight excluding hydrogens is 366 g/mol. The molecule has 0 bridgehead atoms. The van der Waals surface area contributed by atoms with Crippen molar-refractivity contribution in [2.45, 2.75) is 19.5 Å². The second kappa shape index (κ2) is 10.3. The van der Waals surface area contributed by atoms with Gasteiger partial charge >= 0.3 is 0 Å². The van der Waals surface area contributed by atoms with Crippen LogP contribution in [-0.4, -0.2) is 62.7 Å². The molecule has 1 aliphatic rings. The van der Waals surface area contributed by atoms with Crippen molar-refractivity contribution in [1.82, 2.24) is 15.1 Å². The van der Waals surface area contributed by atoms with Gasteiger partial charge in [0.05, 0.1) is 26.8 Å². The second-order valence-corrected chi connectivity index (χ2v) is 7.43. The molecule has 0 radical (unpaired) electrons. The Morgan fingerprint density at radius 3 is 2.34 bits per heavy atom. The average molecular weight is 398 g/mol. The molecule has 0 saturated carbocycles. The minimum absolute atomic E-state index is 0.0190. The normalized spacial score (nSPS) is 16.2. The molecule has 1 fully saturated rings. The number of carbonyl (C=O) groups is 1. The molecule has 1 N–H and O–H groups in total. The maximum Gasteiger partial charge on any atom is 0.234 e. The fourth-order valence-electron chi connectivity index (χ4n) is 3.67. The van der Waals surface area contributed by atoms with E-state index in [2.05, 4.69) is 15.1 Å². The number of piperazine rings is 1. The lowest BCUT2D eigenvalue weighted by atomic mass is 10.1. The highest BCUT2D eigenvalue weighted by Crippen LogP contribution is 2.25. The van der Waals surface area contributed by atoms with Gasteiger partial charge in [-0.3, -0.25) is 14.6 Å². The lowest BCUT2D eigenvalue weighted by Crippen LogP contribution is -2.49. The molecule has 1 unspecified atom stereocenters. The molecular formula is C23H31N3O3. The summed E-state index contributed by atoms with van der Waals surface area (Å²) < 4.78 is 10.8. The van der Waals surface area contributed by atoms with Gasteiger partial charge in [-0.2, -0.15) is 0 Å². The predicted molar refractivity (Wildman–Crippen MR) is 114 cm³/mol. The topological polar surface area (TPSA) is 54.0 Å². The first-order valence-corrected chi connectivity index (χ1v) is 10.1. The largest absolute Gasteiger partial charge is 0.497 e. The van der Waals surface area contributed by atoms with Gasteiger partial charge in [-0.15, -0.1) is 0 Å². The second-order valence-electron chi connectivity index (χ2n) is 7.43. The van der Waals surface area contributed by atoms with Gasteiger partial charge in [0, 0.05) is 38.3 Å². The number of benzene rings is 2. The Morgan fingerprint density at radius 2 is 1.69 bits per heavy atom. The Kier molecular flexibility index (Phi) is 7.49. The molecule has 6 heteroatoms. The summed E-state index contributed by atoms with van der Waals surface area (Å²) in [5, 5.41) is 3.10. The summed E-state index contributed by atoms with van der Waals surface area (Å²) >= 11 is 0. The fourth-order valence-corrected chi connectivity index (χ4v) is 3.67. The van der Waals surface area contributed by atoms with Gasteiger partial charge < -0.3 is 14.8 Å². The number of nitrogens with zero attached hydrogens (tertiary/aromatic N) is 2. The van der Waals surface area contributed by atoms with E-state index in [1.807, 2.05) is 55.5 Å². The summed E-state index contributed by atoms with van der Waals surface area (Å²) in [7, 11) is 3.37. The highest BCUT2D eigenvalue weighted by molar-refractivity contribution is 5.78. The van der Waals surface area contributed by atoms with Gasteiger partial charge in [-0.25, -0.2) is 0 Å². The van der Waals surface area contributed by atoms with Crippen LogP contribution in [0.4, 0.5) is 0 Å². The van der Waals surface area contributed by atoms with Gasteiger partial charge in [-0.05, 0) is 30.7 Å². The molecule has 6 nitrogen and oxygen atoms in total. The summed E-state index contributed by atoms with van der Waals surface area (Å²) in [6.45, 7) is 6.86. The van der Waals surface area contributed by atoms with Crippen molar-refractivity contribution in [2.24, 2.45) is 0 Å². The fraction of sp³-hybridized carbons (Fsp3) is 0.435. The van der Waals surface area contributed by atoms with E-state index in [1.165, 1.54) is 0 Å². The third-order valence-corrected chi connectivity index (χ3v) is 5.39. The quantitative estimate of drug-likeness (QED) is 0.742. The van der Waals surface area contributed by atoms with Crippen molar-refractivity contribution in [3.05, 3.63) is 59.7 Å². The number of nitrogens with one attached hydrogen (secondary N) is 1. The van der Waals surface area contributed by atoms with E-state index in [9.17, 15) is 4.79 Å². The van der Waals surface area contributed by atoms with Crippen molar-refractivity contribution in [3.8, 4) is 11.5 Å². The Balaban J connectivity index is 1.46. The van der Waals surface area contributed by atoms with Gasteiger partial charge in [0.1, 0.15) is 11.5 Å². The standard InChI is InChI=1S/C23H31N3O3/c1-18(19-7-5-4-6-8-19)24-23(27)17-26-13-11-25(12-14-26)16-20-15-21(28-2)9-10-22(20)29-3/h4-10,15,18H,11-14,16-17H2,1-3H3,(H,24,27). The number of hydrogen-bond donors (Lipinski definition) is 1. The van der Waals surface area contributed by atoms with E-state index in [-0.39, 0.29) is 11.9 Å². The zero-order chi connectivity index (χ0) is 20.6. The number of amides is 1. The molecule has 156 valence electrons. The maximum absolute atomic E-state index is 12.4. The van der Waals surface area contributed by atoms with Crippen molar-refractivity contribution in [2.75, 3.05) is 46.9 Å². The summed E-state index contributed by atoms with van der Waals surface area (Å²) in [6.07, 6.45) is 0. The first-order chi connectivity index (χ1) is 14.1. The van der Waals surface area contributed by atoms with Gasteiger partial charge in [0.15, 0.2) is 0 Å². The van der Waals surface area contributed by atoms with Crippen LogP contribution in [0, 0.1) is 0 Å². The van der Waals surface area contributed by atoms with Crippen LogP contribution in [-0.2, 0) is 11.3 Å². The summed E-state index contributed by atoms with van der Waals surface area (Å²) in [5.74, 6) is 1.79. The zero-order valence-electron chi connectivity index (χ0n) is 17.6. The van der Waals surface area contributed by atoms with Gasteiger partial charge in [0.2, 0.25) is 5.91 Å². The van der Waals surface area contributed by atoms with E-state index < -0.39 is 0 Å². The molecule has 0 aromatic heterocycles. The van der Waals surface area contributed by atoms with Crippen LogP contribution in [0.1, 0.15) is 24.1 Å². The third kappa shape index (κ3) is 5.95. The van der Waals surface area contributed by atoms with Crippen LogP contribution in [0.2, 0.25) is 0 Å². The van der Waals surface area contributed by atoms with Crippen LogP contribution in [0.25, 0.3) is 0 Å². The Morgan fingerprint density at radius 1 is 1.00 bits per heavy atom. The molecule has 1 atom stereocenters. The van der Waals surface area contributed by atoms with Crippen molar-refractivity contribution in [1.29, 1.82) is 0 Å². The Hall–Kier alpha value is -2.57. The molecule has 1 saturated heterocycles. The first-order valence-electron chi connectivity index (χ1n) is 10.1. The van der Waals surface area contributed by atoms with Gasteiger partial charge in [-0.1, -0.05) is 30.3 Å². The molecule has 2 aromatic carbocycles. The van der Waals surface area contributed by atoms with E-state index in [1.54, 1.807) is 14.2 Å². The van der Waals surface area contributed by atoms with Crippen LogP contribution >= 0.6 is 0 Å². The van der Waals surface area contributed by atoms with E-state index in [0.29, 0.717) is 6.54 Å². The highest BCUT2D eigenvalue weighted by atomic mass is 16.5. The smallest absolute Gasteiger partial charge is 0.234 e. The van der Waals surface area contributed by atoms with Gasteiger partial charge in [0.25, 0.3) is 0 Å². The van der Waals surface area contributed by atoms with Crippen LogP contribution in [0.5, 0.6) is 11.5 Å². The molecule has 3 rings (SSSR count). The molecule has 0 spiro atoms. The average Bonchev–Trinajstić information content (AvgIpc) is 2.75. The van der Waals surface area contributed by atoms with Crippen molar-refractivity contribution >= 4 is 5.91 Å². The van der Waals surface area contributed by atoms with Crippen LogP contribution < -0.4 is 14.8 Å². The van der Waals surface area contributed by atoms with Crippen LogP contribution in [0.15, 0.2) is 48.5 Å². The minimum Gasteiger partial charge on any atom is -0.497 e. The minimum atomic E-state index is 0.0190. The van der Waals surface area contributed by atoms with Crippen molar-refractivity contribution in [3.63, 3.8) is 0 Å². The monoisotopic (exact) mass is 397 g/mol.